The lowest BCUT2D eigenvalue weighted by atomic mass is 10.3. The van der Waals surface area contributed by atoms with Crippen molar-refractivity contribution in [2.75, 3.05) is 11.9 Å². The van der Waals surface area contributed by atoms with E-state index in [-0.39, 0.29) is 0 Å². The van der Waals surface area contributed by atoms with Gasteiger partial charge in [-0.3, -0.25) is 0 Å². The number of hydrogen-bond acceptors (Lipinski definition) is 3. The third-order valence-electron chi connectivity index (χ3n) is 2.87. The second-order valence-corrected chi connectivity index (χ2v) is 4.38. The molecular weight excluding hydrogens is 226 g/mol. The van der Waals surface area contributed by atoms with Crippen LogP contribution in [0.3, 0.4) is 0 Å². The number of imidazole rings is 2. The predicted molar refractivity (Wildman–Crippen MR) is 72.5 cm³/mol. The number of nitrogens with one attached hydrogen (secondary N) is 1. The quantitative estimate of drug-likeness (QED) is 0.729. The number of hydrogen-bond donors (Lipinski definition) is 1. The first-order valence-electron chi connectivity index (χ1n) is 6.61. The summed E-state index contributed by atoms with van der Waals surface area (Å²) in [6.07, 6.45) is 13.0. The summed E-state index contributed by atoms with van der Waals surface area (Å²) in [5.74, 6) is 0.986. The van der Waals surface area contributed by atoms with E-state index in [1.807, 2.05) is 31.1 Å². The van der Waals surface area contributed by atoms with E-state index in [4.69, 9.17) is 0 Å². The highest BCUT2D eigenvalue weighted by atomic mass is 15.2. The van der Waals surface area contributed by atoms with Gasteiger partial charge in [0, 0.05) is 44.4 Å². The van der Waals surface area contributed by atoms with Crippen LogP contribution in [0.15, 0.2) is 31.1 Å². The Morgan fingerprint density at radius 2 is 2.06 bits per heavy atom. The maximum absolute atomic E-state index is 4.32. The molecule has 0 saturated heterocycles. The van der Waals surface area contributed by atoms with E-state index >= 15 is 0 Å². The third-order valence-corrected chi connectivity index (χ3v) is 2.87. The summed E-state index contributed by atoms with van der Waals surface area (Å²) in [5.41, 5.74) is 0. The summed E-state index contributed by atoms with van der Waals surface area (Å²) in [5, 5.41) is 3.33. The molecule has 0 aliphatic rings. The van der Waals surface area contributed by atoms with Crippen LogP contribution >= 0.6 is 0 Å². The SMILES string of the molecule is CCCNc1nccn1CCCCn1ccnc1. The van der Waals surface area contributed by atoms with Crippen molar-refractivity contribution in [1.82, 2.24) is 19.1 Å². The summed E-state index contributed by atoms with van der Waals surface area (Å²) in [6.45, 7) is 5.19. The number of unbranched alkanes of at least 4 members (excludes halogenated alkanes) is 1. The molecule has 18 heavy (non-hydrogen) atoms. The van der Waals surface area contributed by atoms with Crippen molar-refractivity contribution in [3.05, 3.63) is 31.1 Å². The van der Waals surface area contributed by atoms with Gasteiger partial charge >= 0.3 is 0 Å². The summed E-state index contributed by atoms with van der Waals surface area (Å²) in [7, 11) is 0. The van der Waals surface area contributed by atoms with Gasteiger partial charge in [-0.05, 0) is 19.3 Å². The Labute approximate surface area is 108 Å². The van der Waals surface area contributed by atoms with E-state index in [9.17, 15) is 0 Å². The second kappa shape index (κ2) is 6.83. The number of nitrogens with zero attached hydrogens (tertiary/aromatic N) is 4. The molecule has 5 heteroatoms. The van der Waals surface area contributed by atoms with Gasteiger partial charge in [-0.25, -0.2) is 9.97 Å². The molecule has 2 rings (SSSR count). The lowest BCUT2D eigenvalue weighted by Crippen LogP contribution is -2.08. The van der Waals surface area contributed by atoms with Gasteiger partial charge < -0.3 is 14.5 Å². The zero-order valence-corrected chi connectivity index (χ0v) is 10.9. The lowest BCUT2D eigenvalue weighted by Gasteiger charge is -2.09. The van der Waals surface area contributed by atoms with Crippen LogP contribution in [0.1, 0.15) is 26.2 Å². The largest absolute Gasteiger partial charge is 0.356 e. The van der Waals surface area contributed by atoms with E-state index in [1.165, 1.54) is 0 Å². The molecule has 0 unspecified atom stereocenters. The van der Waals surface area contributed by atoms with Crippen molar-refractivity contribution < 1.29 is 0 Å². The average molecular weight is 247 g/mol. The monoisotopic (exact) mass is 247 g/mol. The first-order valence-corrected chi connectivity index (χ1v) is 6.61. The molecule has 0 aliphatic carbocycles. The summed E-state index contributed by atoms with van der Waals surface area (Å²) in [6, 6.07) is 0. The van der Waals surface area contributed by atoms with Gasteiger partial charge in [0.15, 0.2) is 0 Å². The molecule has 0 aliphatic heterocycles. The van der Waals surface area contributed by atoms with Gasteiger partial charge in [0.25, 0.3) is 0 Å². The van der Waals surface area contributed by atoms with Crippen molar-refractivity contribution in [3.8, 4) is 0 Å². The molecule has 2 aromatic rings. The molecule has 5 nitrogen and oxygen atoms in total. The normalized spacial score (nSPS) is 10.7. The highest BCUT2D eigenvalue weighted by Crippen LogP contribution is 2.07. The Bertz CT molecular complexity index is 432. The molecule has 0 bridgehead atoms. The van der Waals surface area contributed by atoms with Crippen LogP contribution in [0.25, 0.3) is 0 Å². The van der Waals surface area contributed by atoms with E-state index < -0.39 is 0 Å². The van der Waals surface area contributed by atoms with Crippen molar-refractivity contribution in [3.63, 3.8) is 0 Å². The maximum atomic E-state index is 4.32. The number of anilines is 1. The smallest absolute Gasteiger partial charge is 0.202 e. The van der Waals surface area contributed by atoms with Gasteiger partial charge in [0.05, 0.1) is 6.33 Å². The van der Waals surface area contributed by atoms with Crippen molar-refractivity contribution in [1.29, 1.82) is 0 Å². The molecular formula is C13H21N5. The van der Waals surface area contributed by atoms with Gasteiger partial charge in [-0.2, -0.15) is 0 Å². The molecule has 98 valence electrons. The minimum absolute atomic E-state index is 0.978. The number of aromatic nitrogens is 4. The van der Waals surface area contributed by atoms with Gasteiger partial charge in [-0.1, -0.05) is 6.92 Å². The van der Waals surface area contributed by atoms with Crippen molar-refractivity contribution in [2.24, 2.45) is 0 Å². The van der Waals surface area contributed by atoms with Crippen LogP contribution in [0, 0.1) is 0 Å². The van der Waals surface area contributed by atoms with Crippen LogP contribution in [0.5, 0.6) is 0 Å². The second-order valence-electron chi connectivity index (χ2n) is 4.38. The minimum Gasteiger partial charge on any atom is -0.356 e. The minimum atomic E-state index is 0.978. The van der Waals surface area contributed by atoms with Crippen LogP contribution in [0.4, 0.5) is 5.95 Å². The summed E-state index contributed by atoms with van der Waals surface area (Å²) >= 11 is 0. The average Bonchev–Trinajstić information content (AvgIpc) is 3.03. The Hall–Kier alpha value is -1.78. The van der Waals surface area contributed by atoms with Gasteiger partial charge in [-0.15, -0.1) is 0 Å². The molecule has 0 amide bonds. The topological polar surface area (TPSA) is 47.7 Å². The fourth-order valence-electron chi connectivity index (χ4n) is 1.89. The standard InChI is InChI=1S/C13H21N5/c1-2-5-15-13-16-7-11-18(13)9-4-3-8-17-10-6-14-12-17/h6-7,10-12H,2-5,8-9H2,1H3,(H,15,16). The molecule has 2 aromatic heterocycles. The van der Waals surface area contributed by atoms with E-state index in [0.29, 0.717) is 0 Å². The van der Waals surface area contributed by atoms with Crippen molar-refractivity contribution >= 4 is 5.95 Å². The van der Waals surface area contributed by atoms with Crippen LogP contribution in [-0.4, -0.2) is 25.6 Å². The fraction of sp³-hybridized carbons (Fsp3) is 0.538. The predicted octanol–water partition coefficient (Wildman–Crippen LogP) is 2.38. The zero-order valence-electron chi connectivity index (χ0n) is 10.9. The Morgan fingerprint density at radius 1 is 1.17 bits per heavy atom. The van der Waals surface area contributed by atoms with E-state index in [0.717, 1.165) is 44.8 Å². The first-order chi connectivity index (χ1) is 8.90. The molecule has 0 spiro atoms. The third kappa shape index (κ3) is 3.61. The van der Waals surface area contributed by atoms with Crippen LogP contribution < -0.4 is 5.32 Å². The number of rotatable bonds is 8. The molecule has 0 aromatic carbocycles. The maximum Gasteiger partial charge on any atom is 0.202 e. The Morgan fingerprint density at radius 3 is 2.83 bits per heavy atom. The van der Waals surface area contributed by atoms with Gasteiger partial charge in [0.1, 0.15) is 0 Å². The molecule has 0 atom stereocenters. The fourth-order valence-corrected chi connectivity index (χ4v) is 1.89. The molecule has 1 N–H and O–H groups in total. The molecule has 0 fully saturated rings. The Balaban J connectivity index is 1.71. The Kier molecular flexibility index (Phi) is 4.81. The van der Waals surface area contributed by atoms with Gasteiger partial charge in [0.2, 0.25) is 5.95 Å². The van der Waals surface area contributed by atoms with Crippen molar-refractivity contribution in [2.45, 2.75) is 39.3 Å². The zero-order chi connectivity index (χ0) is 12.6. The lowest BCUT2D eigenvalue weighted by molar-refractivity contribution is 0.554. The number of aryl methyl sites for hydroxylation is 2. The van der Waals surface area contributed by atoms with E-state index in [2.05, 4.69) is 31.3 Å². The summed E-state index contributed by atoms with van der Waals surface area (Å²) in [4.78, 5) is 8.36. The molecule has 2 heterocycles. The highest BCUT2D eigenvalue weighted by molar-refractivity contribution is 5.25. The first kappa shape index (κ1) is 12.7. The summed E-state index contributed by atoms with van der Waals surface area (Å²) < 4.78 is 4.30. The highest BCUT2D eigenvalue weighted by Gasteiger charge is 2.00. The van der Waals surface area contributed by atoms with E-state index in [1.54, 1.807) is 0 Å². The molecule has 0 radical (unpaired) electrons. The van der Waals surface area contributed by atoms with Crippen LogP contribution in [-0.2, 0) is 13.1 Å². The molecule has 0 saturated carbocycles. The van der Waals surface area contributed by atoms with Crippen LogP contribution in [0.2, 0.25) is 0 Å².